The molecule has 18 heavy (non-hydrogen) atoms. The summed E-state index contributed by atoms with van der Waals surface area (Å²) in [6.07, 6.45) is 0. The minimum atomic E-state index is -0.0625. The Balaban J connectivity index is 2.30. The van der Waals surface area contributed by atoms with Gasteiger partial charge in [-0.3, -0.25) is 0 Å². The summed E-state index contributed by atoms with van der Waals surface area (Å²) < 4.78 is 2.82. The van der Waals surface area contributed by atoms with E-state index in [0.717, 1.165) is 21.0 Å². The Morgan fingerprint density at radius 3 is 2.50 bits per heavy atom. The van der Waals surface area contributed by atoms with Gasteiger partial charge in [-0.25, -0.2) is 0 Å². The summed E-state index contributed by atoms with van der Waals surface area (Å²) in [5.74, 6) is 0. The van der Waals surface area contributed by atoms with Crippen molar-refractivity contribution in [3.63, 3.8) is 0 Å². The predicted molar refractivity (Wildman–Crippen MR) is 75.6 cm³/mol. The van der Waals surface area contributed by atoms with Gasteiger partial charge in [0, 0.05) is 0 Å². The predicted octanol–water partition coefficient (Wildman–Crippen LogP) is 1.94. The van der Waals surface area contributed by atoms with Gasteiger partial charge < -0.3 is 0 Å². The number of aromatic nitrogens is 1. The van der Waals surface area contributed by atoms with Crippen molar-refractivity contribution >= 4 is 30.1 Å². The Bertz CT molecular complexity index is 769. The van der Waals surface area contributed by atoms with Crippen LogP contribution >= 0.6 is 0 Å². The first kappa shape index (κ1) is 11.3. The van der Waals surface area contributed by atoms with Gasteiger partial charge >= 0.3 is 110 Å². The van der Waals surface area contributed by atoms with Gasteiger partial charge in [-0.15, -0.1) is 0 Å². The number of hydrogen-bond acceptors (Lipinski definition) is 2. The summed E-state index contributed by atoms with van der Waals surface area (Å²) in [6.45, 7) is 2.04. The second-order valence-electron chi connectivity index (χ2n) is 4.25. The molecule has 0 bridgehead atoms. The molecule has 3 nitrogen and oxygen atoms in total. The zero-order valence-corrected chi connectivity index (χ0v) is 11.6. The Kier molecular flexibility index (Phi) is 2.62. The number of rotatable bonds is 1. The topological polar surface area (TPSA) is 48.0 Å². The molecule has 0 spiro atoms. The maximum absolute atomic E-state index is 12.3. The quantitative estimate of drug-likeness (QED) is 0.552. The molecule has 0 radical (unpaired) electrons. The normalized spacial score (nSPS) is 10.9. The van der Waals surface area contributed by atoms with Crippen LogP contribution in [-0.2, 0) is 0 Å². The number of nitrogen functional groups attached to an aromatic ring is 1. The van der Waals surface area contributed by atoms with Crippen molar-refractivity contribution in [2.24, 2.45) is 0 Å². The summed E-state index contributed by atoms with van der Waals surface area (Å²) in [7, 11) is 0. The molecule has 0 aliphatic rings. The van der Waals surface area contributed by atoms with Crippen molar-refractivity contribution in [1.82, 2.24) is 3.56 Å². The molecular formula is C14H12N2OSe. The SMILES string of the molecule is Cc1ccc(-n2[se]c3c(N)cccc3c2=O)cc1. The summed E-state index contributed by atoms with van der Waals surface area (Å²) in [5.41, 5.74) is 8.85. The first-order chi connectivity index (χ1) is 8.66. The molecule has 2 aromatic carbocycles. The number of benzene rings is 2. The van der Waals surface area contributed by atoms with Crippen LogP contribution in [0, 0.1) is 6.92 Å². The average Bonchev–Trinajstić information content (AvgIpc) is 2.70. The third-order valence-electron chi connectivity index (χ3n) is 2.91. The van der Waals surface area contributed by atoms with Gasteiger partial charge in [0.2, 0.25) is 0 Å². The molecule has 2 N–H and O–H groups in total. The fourth-order valence-corrected chi connectivity index (χ4v) is 4.05. The van der Waals surface area contributed by atoms with Crippen LogP contribution in [0.1, 0.15) is 5.56 Å². The molecule has 0 aliphatic heterocycles. The molecule has 3 aromatic rings. The molecule has 90 valence electrons. The standard InChI is InChI=1S/C14H12N2OSe/c1-9-5-7-10(8-6-9)16-14(17)11-3-2-4-12(15)13(11)18-16/h2-8H,15H2,1H3. The molecule has 4 heteroatoms. The van der Waals surface area contributed by atoms with E-state index in [1.807, 2.05) is 53.0 Å². The van der Waals surface area contributed by atoms with Gasteiger partial charge in [0.15, 0.2) is 0 Å². The number of nitrogens with zero attached hydrogens (tertiary/aromatic N) is 1. The molecule has 1 aromatic heterocycles. The zero-order chi connectivity index (χ0) is 12.7. The van der Waals surface area contributed by atoms with Crippen molar-refractivity contribution in [2.75, 3.05) is 5.73 Å². The van der Waals surface area contributed by atoms with Crippen LogP contribution in [0.15, 0.2) is 47.3 Å². The summed E-state index contributed by atoms with van der Waals surface area (Å²) in [5, 5.41) is 0.746. The second kappa shape index (κ2) is 4.16. The second-order valence-corrected chi connectivity index (χ2v) is 6.26. The van der Waals surface area contributed by atoms with Crippen LogP contribution in [0.3, 0.4) is 0 Å². The zero-order valence-electron chi connectivity index (χ0n) is 9.88. The number of hydrogen-bond donors (Lipinski definition) is 1. The van der Waals surface area contributed by atoms with E-state index < -0.39 is 0 Å². The Labute approximate surface area is 110 Å². The van der Waals surface area contributed by atoms with E-state index in [0.29, 0.717) is 0 Å². The van der Waals surface area contributed by atoms with Crippen molar-refractivity contribution in [1.29, 1.82) is 0 Å². The first-order valence-electron chi connectivity index (χ1n) is 5.64. The number of nitrogens with two attached hydrogens (primary N) is 1. The van der Waals surface area contributed by atoms with E-state index in [-0.39, 0.29) is 20.3 Å². The molecular weight excluding hydrogens is 291 g/mol. The summed E-state index contributed by atoms with van der Waals surface area (Å²) >= 11 is -0.0625. The summed E-state index contributed by atoms with van der Waals surface area (Å²) in [6, 6.07) is 13.5. The Morgan fingerprint density at radius 2 is 1.83 bits per heavy atom. The third-order valence-corrected chi connectivity index (χ3v) is 5.42. The molecule has 0 amide bonds. The summed E-state index contributed by atoms with van der Waals surface area (Å²) in [4.78, 5) is 12.3. The van der Waals surface area contributed by atoms with Gasteiger partial charge in [-0.05, 0) is 0 Å². The average molecular weight is 303 g/mol. The van der Waals surface area contributed by atoms with Gasteiger partial charge in [0.05, 0.1) is 0 Å². The molecule has 1 heterocycles. The fraction of sp³-hybridized carbons (Fsp3) is 0.0714. The van der Waals surface area contributed by atoms with Crippen LogP contribution in [0.2, 0.25) is 0 Å². The minimum absolute atomic E-state index is 0.0566. The number of aryl methyl sites for hydroxylation is 1. The van der Waals surface area contributed by atoms with E-state index in [9.17, 15) is 4.79 Å². The van der Waals surface area contributed by atoms with E-state index in [2.05, 4.69) is 0 Å². The van der Waals surface area contributed by atoms with Crippen LogP contribution in [0.4, 0.5) is 5.69 Å². The first-order valence-corrected chi connectivity index (χ1v) is 7.26. The van der Waals surface area contributed by atoms with Crippen LogP contribution < -0.4 is 11.3 Å². The number of anilines is 1. The van der Waals surface area contributed by atoms with E-state index in [1.54, 1.807) is 0 Å². The number of fused-ring (bicyclic) bond motifs is 1. The van der Waals surface area contributed by atoms with Crippen molar-refractivity contribution in [3.05, 3.63) is 58.4 Å². The van der Waals surface area contributed by atoms with Gasteiger partial charge in [-0.1, -0.05) is 0 Å². The Morgan fingerprint density at radius 1 is 1.11 bits per heavy atom. The van der Waals surface area contributed by atoms with E-state index >= 15 is 0 Å². The molecule has 3 rings (SSSR count). The monoisotopic (exact) mass is 304 g/mol. The van der Waals surface area contributed by atoms with E-state index in [1.165, 1.54) is 5.56 Å². The molecule has 0 fully saturated rings. The van der Waals surface area contributed by atoms with Gasteiger partial charge in [0.1, 0.15) is 0 Å². The fourth-order valence-electron chi connectivity index (χ4n) is 1.92. The van der Waals surface area contributed by atoms with Gasteiger partial charge in [-0.2, -0.15) is 0 Å². The molecule has 0 saturated heterocycles. The van der Waals surface area contributed by atoms with Crippen molar-refractivity contribution < 1.29 is 0 Å². The third kappa shape index (κ3) is 1.70. The van der Waals surface area contributed by atoms with Crippen LogP contribution in [0.5, 0.6) is 0 Å². The maximum atomic E-state index is 12.3. The van der Waals surface area contributed by atoms with Gasteiger partial charge in [0.25, 0.3) is 0 Å². The van der Waals surface area contributed by atoms with Crippen LogP contribution in [-0.4, -0.2) is 18.3 Å². The molecule has 0 saturated carbocycles. The molecule has 0 unspecified atom stereocenters. The molecule has 0 atom stereocenters. The van der Waals surface area contributed by atoms with Crippen molar-refractivity contribution in [3.8, 4) is 5.69 Å². The Hall–Kier alpha value is -1.77. The van der Waals surface area contributed by atoms with E-state index in [4.69, 9.17) is 5.73 Å². The molecule has 0 aliphatic carbocycles. The van der Waals surface area contributed by atoms with Crippen LogP contribution in [0.25, 0.3) is 15.3 Å². The van der Waals surface area contributed by atoms with Crippen molar-refractivity contribution in [2.45, 2.75) is 6.92 Å².